The third-order valence-corrected chi connectivity index (χ3v) is 4.08. The van der Waals surface area contributed by atoms with Gasteiger partial charge in [0.05, 0.1) is 12.8 Å². The minimum absolute atomic E-state index is 0.0812. The van der Waals surface area contributed by atoms with Gasteiger partial charge < -0.3 is 4.74 Å². The molecular weight excluding hydrogens is 304 g/mol. The van der Waals surface area contributed by atoms with Gasteiger partial charge in [0.15, 0.2) is 0 Å². The van der Waals surface area contributed by atoms with E-state index in [9.17, 15) is 9.59 Å². The first-order valence-electron chi connectivity index (χ1n) is 7.58. The fraction of sp³-hybridized carbons (Fsp3) is 0.158. The molecular formula is C19H18N2O3. The van der Waals surface area contributed by atoms with E-state index in [4.69, 9.17) is 4.74 Å². The van der Waals surface area contributed by atoms with Crippen molar-refractivity contribution in [1.29, 1.82) is 0 Å². The van der Waals surface area contributed by atoms with Crippen LogP contribution in [-0.2, 0) is 9.59 Å². The van der Waals surface area contributed by atoms with Crippen LogP contribution in [0.2, 0.25) is 0 Å². The van der Waals surface area contributed by atoms with E-state index in [-0.39, 0.29) is 11.5 Å². The zero-order chi connectivity index (χ0) is 17.3. The van der Waals surface area contributed by atoms with Gasteiger partial charge in [-0.1, -0.05) is 24.3 Å². The number of nitrogens with zero attached hydrogens (tertiary/aromatic N) is 1. The van der Waals surface area contributed by atoms with E-state index in [1.54, 1.807) is 25.3 Å². The zero-order valence-corrected chi connectivity index (χ0v) is 13.8. The average Bonchev–Trinajstić information content (AvgIpc) is 2.86. The molecule has 1 saturated heterocycles. The predicted octanol–water partition coefficient (Wildman–Crippen LogP) is 2.77. The summed E-state index contributed by atoms with van der Waals surface area (Å²) >= 11 is 0. The van der Waals surface area contributed by atoms with Gasteiger partial charge >= 0.3 is 0 Å². The molecule has 0 unspecified atom stereocenters. The Balaban J connectivity index is 1.97. The second-order valence-corrected chi connectivity index (χ2v) is 5.65. The number of methoxy groups -OCH3 is 1. The number of hydrazine groups is 1. The Bertz CT molecular complexity index is 855. The standard InChI is InChI=1S/C19H18N2O3/c1-12-8-9-15(10-13(12)2)21-19(23)16(18(22)20-21)11-14-6-4-5-7-17(14)24-3/h4-11H,1-3H3,(H,20,22)/b16-11-. The molecule has 3 rings (SSSR count). The van der Waals surface area contributed by atoms with Gasteiger partial charge in [0.25, 0.3) is 11.8 Å². The SMILES string of the molecule is COc1ccccc1/C=C1/C(=O)NN(c2ccc(C)c(C)c2)C1=O. The molecule has 2 amide bonds. The van der Waals surface area contributed by atoms with Crippen LogP contribution in [0.1, 0.15) is 16.7 Å². The van der Waals surface area contributed by atoms with E-state index < -0.39 is 5.91 Å². The molecule has 0 atom stereocenters. The number of nitrogens with one attached hydrogen (secondary N) is 1. The number of hydrogen-bond acceptors (Lipinski definition) is 3. The number of anilines is 1. The van der Waals surface area contributed by atoms with Crippen LogP contribution in [0.3, 0.4) is 0 Å². The van der Waals surface area contributed by atoms with Gasteiger partial charge in [0.1, 0.15) is 11.3 Å². The van der Waals surface area contributed by atoms with Crippen LogP contribution in [0.25, 0.3) is 6.08 Å². The monoisotopic (exact) mass is 322 g/mol. The molecule has 1 heterocycles. The van der Waals surface area contributed by atoms with Crippen molar-refractivity contribution in [2.45, 2.75) is 13.8 Å². The van der Waals surface area contributed by atoms with Gasteiger partial charge in [-0.05, 0) is 49.2 Å². The number of carbonyl (C=O) groups is 2. The van der Waals surface area contributed by atoms with Crippen LogP contribution in [0.15, 0.2) is 48.0 Å². The summed E-state index contributed by atoms with van der Waals surface area (Å²) in [5, 5.41) is 1.27. The van der Waals surface area contributed by atoms with Gasteiger partial charge in [-0.2, -0.15) is 0 Å². The van der Waals surface area contributed by atoms with Crippen molar-refractivity contribution < 1.29 is 14.3 Å². The maximum absolute atomic E-state index is 12.7. The lowest BCUT2D eigenvalue weighted by Gasteiger charge is -2.16. The molecule has 0 radical (unpaired) electrons. The molecule has 0 bridgehead atoms. The first-order chi connectivity index (χ1) is 11.5. The largest absolute Gasteiger partial charge is 0.496 e. The van der Waals surface area contributed by atoms with Crippen LogP contribution >= 0.6 is 0 Å². The highest BCUT2D eigenvalue weighted by Gasteiger charge is 2.34. The fourth-order valence-corrected chi connectivity index (χ4v) is 2.55. The van der Waals surface area contributed by atoms with E-state index in [1.165, 1.54) is 5.01 Å². The van der Waals surface area contributed by atoms with E-state index in [0.717, 1.165) is 11.1 Å². The van der Waals surface area contributed by atoms with Crippen LogP contribution in [0.4, 0.5) is 5.69 Å². The molecule has 0 aliphatic carbocycles. The summed E-state index contributed by atoms with van der Waals surface area (Å²) in [4.78, 5) is 24.9. The highest BCUT2D eigenvalue weighted by Crippen LogP contribution is 2.26. The summed E-state index contributed by atoms with van der Waals surface area (Å²) in [6.45, 7) is 3.96. The normalized spacial score (nSPS) is 15.8. The van der Waals surface area contributed by atoms with Gasteiger partial charge in [0.2, 0.25) is 0 Å². The molecule has 5 heteroatoms. The molecule has 0 spiro atoms. The average molecular weight is 322 g/mol. The number of aryl methyl sites for hydroxylation is 2. The summed E-state index contributed by atoms with van der Waals surface area (Å²) in [5.41, 5.74) is 6.19. The number of amides is 2. The molecule has 122 valence electrons. The Morgan fingerprint density at radius 2 is 1.79 bits per heavy atom. The molecule has 1 aliphatic heterocycles. The van der Waals surface area contributed by atoms with E-state index in [1.807, 2.05) is 44.2 Å². The van der Waals surface area contributed by atoms with Crippen molar-refractivity contribution in [2.24, 2.45) is 0 Å². The predicted molar refractivity (Wildman–Crippen MR) is 92.5 cm³/mol. The molecule has 0 aromatic heterocycles. The van der Waals surface area contributed by atoms with E-state index in [2.05, 4.69) is 5.43 Å². The molecule has 1 N–H and O–H groups in total. The van der Waals surface area contributed by atoms with Gasteiger partial charge in [-0.15, -0.1) is 0 Å². The van der Waals surface area contributed by atoms with Crippen molar-refractivity contribution >= 4 is 23.6 Å². The molecule has 24 heavy (non-hydrogen) atoms. The zero-order valence-electron chi connectivity index (χ0n) is 13.8. The van der Waals surface area contributed by atoms with Gasteiger partial charge in [-0.3, -0.25) is 15.0 Å². The summed E-state index contributed by atoms with van der Waals surface area (Å²) in [7, 11) is 1.55. The minimum atomic E-state index is -0.427. The number of ether oxygens (including phenoxy) is 1. The summed E-state index contributed by atoms with van der Waals surface area (Å²) in [6.07, 6.45) is 1.55. The van der Waals surface area contributed by atoms with Gasteiger partial charge in [-0.25, -0.2) is 5.01 Å². The lowest BCUT2D eigenvalue weighted by Crippen LogP contribution is -2.35. The Hall–Kier alpha value is -3.08. The van der Waals surface area contributed by atoms with Crippen LogP contribution in [0.5, 0.6) is 5.75 Å². The van der Waals surface area contributed by atoms with Crippen molar-refractivity contribution in [3.8, 4) is 5.75 Å². The fourth-order valence-electron chi connectivity index (χ4n) is 2.55. The number of benzene rings is 2. The van der Waals surface area contributed by atoms with Gasteiger partial charge in [0, 0.05) is 5.56 Å². The van der Waals surface area contributed by atoms with Crippen LogP contribution < -0.4 is 15.2 Å². The quantitative estimate of drug-likeness (QED) is 0.698. The minimum Gasteiger partial charge on any atom is -0.496 e. The third-order valence-electron chi connectivity index (χ3n) is 4.08. The lowest BCUT2D eigenvalue weighted by atomic mass is 10.1. The Kier molecular flexibility index (Phi) is 4.08. The molecule has 2 aromatic rings. The van der Waals surface area contributed by atoms with Crippen molar-refractivity contribution in [3.63, 3.8) is 0 Å². The topological polar surface area (TPSA) is 58.6 Å². The molecule has 0 saturated carbocycles. The Morgan fingerprint density at radius 1 is 1.04 bits per heavy atom. The number of carbonyl (C=O) groups excluding carboxylic acids is 2. The van der Waals surface area contributed by atoms with Crippen LogP contribution in [0, 0.1) is 13.8 Å². The second-order valence-electron chi connectivity index (χ2n) is 5.65. The number of para-hydroxylation sites is 1. The smallest absolute Gasteiger partial charge is 0.282 e. The number of hydrogen-bond donors (Lipinski definition) is 1. The third kappa shape index (κ3) is 2.76. The summed E-state index contributed by atoms with van der Waals surface area (Å²) in [6, 6.07) is 12.8. The maximum Gasteiger partial charge on any atom is 0.282 e. The maximum atomic E-state index is 12.7. The summed E-state index contributed by atoms with van der Waals surface area (Å²) < 4.78 is 5.27. The molecule has 2 aromatic carbocycles. The highest BCUT2D eigenvalue weighted by atomic mass is 16.5. The molecule has 5 nitrogen and oxygen atoms in total. The van der Waals surface area contributed by atoms with E-state index in [0.29, 0.717) is 17.0 Å². The highest BCUT2D eigenvalue weighted by molar-refractivity contribution is 6.31. The lowest BCUT2D eigenvalue weighted by molar-refractivity contribution is -0.117. The first kappa shape index (κ1) is 15.8. The van der Waals surface area contributed by atoms with Crippen molar-refractivity contribution in [1.82, 2.24) is 5.43 Å². The molecule has 1 fully saturated rings. The van der Waals surface area contributed by atoms with Crippen molar-refractivity contribution in [2.75, 3.05) is 12.1 Å². The number of rotatable bonds is 3. The first-order valence-corrected chi connectivity index (χ1v) is 7.58. The summed E-state index contributed by atoms with van der Waals surface area (Å²) in [5.74, 6) is -0.200. The Morgan fingerprint density at radius 3 is 2.50 bits per heavy atom. The van der Waals surface area contributed by atoms with Crippen LogP contribution in [-0.4, -0.2) is 18.9 Å². The Labute approximate surface area is 140 Å². The molecule has 1 aliphatic rings. The second kappa shape index (κ2) is 6.20. The van der Waals surface area contributed by atoms with E-state index >= 15 is 0 Å². The van der Waals surface area contributed by atoms with Crippen molar-refractivity contribution in [3.05, 3.63) is 64.7 Å².